The summed E-state index contributed by atoms with van der Waals surface area (Å²) in [6, 6.07) is 48.9. The summed E-state index contributed by atoms with van der Waals surface area (Å²) in [5.74, 6) is 4.27. The maximum Gasteiger partial charge on any atom is 0.141 e. The molecule has 11 rings (SSSR count). The van der Waals surface area contributed by atoms with Gasteiger partial charge in [0.05, 0.1) is 45.8 Å². The molecule has 0 fully saturated rings. The summed E-state index contributed by atoms with van der Waals surface area (Å²) >= 11 is 9.53. The lowest BCUT2D eigenvalue weighted by Crippen LogP contribution is -1.97. The summed E-state index contributed by atoms with van der Waals surface area (Å²) in [7, 11) is 0. The second-order valence-electron chi connectivity index (χ2n) is 15.3. The van der Waals surface area contributed by atoms with Crippen molar-refractivity contribution < 1.29 is 9.47 Å². The standard InChI is InChI=1S/C52H36N6O2S2/c1-31-19-21-53-51(23-31)57-43-9-5-3-7-37(43)39-15-13-35(27-45(39)57)59-47-25-33(11-17-49(47)61)41-29-56-42(30-55-41)34-12-18-50(62)48(26-34)60-36-14-16-40-38-8-4-6-10-44(38)58(46(40)28-36)52-24-32(2)20-22-54-52/h3-30,61-62H,1-2H3. The van der Waals surface area contributed by atoms with Crippen LogP contribution in [0.2, 0.25) is 0 Å². The van der Waals surface area contributed by atoms with Crippen LogP contribution < -0.4 is 9.47 Å². The van der Waals surface area contributed by atoms with E-state index in [1.165, 1.54) is 0 Å². The van der Waals surface area contributed by atoms with Crippen LogP contribution in [0.5, 0.6) is 23.0 Å². The maximum absolute atomic E-state index is 6.54. The van der Waals surface area contributed by atoms with E-state index in [1.54, 1.807) is 12.4 Å². The van der Waals surface area contributed by atoms with Gasteiger partial charge in [0.2, 0.25) is 0 Å². The Hall–Kier alpha value is -7.40. The summed E-state index contributed by atoms with van der Waals surface area (Å²) in [6.07, 6.45) is 7.23. The molecule has 0 radical (unpaired) electrons. The van der Waals surface area contributed by atoms with Crippen LogP contribution in [0.1, 0.15) is 11.1 Å². The molecule has 11 aromatic rings. The molecule has 0 aliphatic carbocycles. The van der Waals surface area contributed by atoms with Crippen molar-refractivity contribution in [2.45, 2.75) is 23.6 Å². The fourth-order valence-corrected chi connectivity index (χ4v) is 8.57. The van der Waals surface area contributed by atoms with Crippen LogP contribution >= 0.6 is 25.3 Å². The fourth-order valence-electron chi connectivity index (χ4n) is 8.20. The molecule has 62 heavy (non-hydrogen) atoms. The summed E-state index contributed by atoms with van der Waals surface area (Å²) in [6.45, 7) is 4.15. The van der Waals surface area contributed by atoms with Gasteiger partial charge in [-0.15, -0.1) is 25.3 Å². The summed E-state index contributed by atoms with van der Waals surface area (Å²) in [5, 5.41) is 4.53. The van der Waals surface area contributed by atoms with Crippen LogP contribution in [0, 0.1) is 13.8 Å². The third-order valence-corrected chi connectivity index (χ3v) is 11.9. The second kappa shape index (κ2) is 15.3. The molecular formula is C52H36N6O2S2. The Labute approximate surface area is 367 Å². The maximum atomic E-state index is 6.54. The van der Waals surface area contributed by atoms with E-state index in [-0.39, 0.29) is 0 Å². The van der Waals surface area contributed by atoms with Crippen molar-refractivity contribution in [3.63, 3.8) is 0 Å². The first-order valence-corrected chi connectivity index (χ1v) is 21.0. The SMILES string of the molecule is Cc1ccnc(-n2c3ccccc3c3ccc(Oc4cc(-c5cnc(-c6ccc(S)c(Oc7ccc8c9ccccc9n(-c9cc(C)ccn9)c8c7)c6)cn5)ccc4S)cc32)c1. The number of ether oxygens (including phenoxy) is 2. The summed E-state index contributed by atoms with van der Waals surface area (Å²) < 4.78 is 17.5. The molecule has 0 aliphatic rings. The predicted octanol–water partition coefficient (Wildman–Crippen LogP) is 13.6. The van der Waals surface area contributed by atoms with E-state index >= 15 is 0 Å². The van der Waals surface area contributed by atoms with Crippen molar-refractivity contribution in [3.8, 4) is 57.1 Å². The normalized spacial score (nSPS) is 11.5. The van der Waals surface area contributed by atoms with Crippen molar-refractivity contribution in [3.05, 3.63) is 182 Å². The highest BCUT2D eigenvalue weighted by atomic mass is 32.1. The third kappa shape index (κ3) is 6.70. The average Bonchev–Trinajstić information content (AvgIpc) is 3.80. The lowest BCUT2D eigenvalue weighted by Gasteiger charge is -2.13. The number of fused-ring (bicyclic) bond motifs is 6. The van der Waals surface area contributed by atoms with Crippen LogP contribution in [-0.4, -0.2) is 29.1 Å². The Bertz CT molecular complexity index is 3310. The van der Waals surface area contributed by atoms with Gasteiger partial charge in [0.15, 0.2) is 0 Å². The minimum absolute atomic E-state index is 0.604. The molecule has 0 atom stereocenters. The van der Waals surface area contributed by atoms with Gasteiger partial charge in [-0.1, -0.05) is 48.5 Å². The largest absolute Gasteiger partial charge is 0.456 e. The Morgan fingerprint density at radius 2 is 0.855 bits per heavy atom. The minimum atomic E-state index is 0.604. The number of aromatic nitrogens is 6. The number of rotatable bonds is 8. The first-order valence-electron chi connectivity index (χ1n) is 20.1. The first kappa shape index (κ1) is 37.6. The zero-order chi connectivity index (χ0) is 41.9. The number of aryl methyl sites for hydroxylation is 2. The monoisotopic (exact) mass is 840 g/mol. The molecule has 0 unspecified atom stereocenters. The molecule has 0 saturated heterocycles. The Morgan fingerprint density at radius 3 is 1.29 bits per heavy atom. The molecule has 0 bridgehead atoms. The number of pyridine rings is 2. The van der Waals surface area contributed by atoms with Crippen molar-refractivity contribution in [2.24, 2.45) is 0 Å². The number of thiol groups is 2. The van der Waals surface area contributed by atoms with E-state index in [0.717, 1.165) is 77.5 Å². The highest BCUT2D eigenvalue weighted by Gasteiger charge is 2.17. The molecule has 0 amide bonds. The van der Waals surface area contributed by atoms with Crippen LogP contribution in [0.3, 0.4) is 0 Å². The molecule has 0 saturated carbocycles. The van der Waals surface area contributed by atoms with Crippen LogP contribution in [0.4, 0.5) is 0 Å². The van der Waals surface area contributed by atoms with Crippen molar-refractivity contribution in [1.82, 2.24) is 29.1 Å². The zero-order valence-electron chi connectivity index (χ0n) is 33.6. The molecule has 10 heteroatoms. The summed E-state index contributed by atoms with van der Waals surface area (Å²) in [5.41, 5.74) is 9.52. The molecule has 5 heterocycles. The van der Waals surface area contributed by atoms with Gasteiger partial charge in [0.1, 0.15) is 34.6 Å². The van der Waals surface area contributed by atoms with Gasteiger partial charge in [-0.25, -0.2) is 9.97 Å². The first-order chi connectivity index (χ1) is 30.3. The van der Waals surface area contributed by atoms with E-state index in [9.17, 15) is 0 Å². The molecule has 8 nitrogen and oxygen atoms in total. The van der Waals surface area contributed by atoms with Crippen LogP contribution in [0.15, 0.2) is 180 Å². The highest BCUT2D eigenvalue weighted by Crippen LogP contribution is 2.39. The molecule has 0 aliphatic heterocycles. The van der Waals surface area contributed by atoms with Gasteiger partial charge in [0, 0.05) is 67.0 Å². The summed E-state index contributed by atoms with van der Waals surface area (Å²) in [4.78, 5) is 20.5. The number of hydrogen-bond acceptors (Lipinski definition) is 8. The molecule has 6 aromatic carbocycles. The minimum Gasteiger partial charge on any atom is -0.456 e. The van der Waals surface area contributed by atoms with Gasteiger partial charge < -0.3 is 9.47 Å². The molecular weight excluding hydrogens is 805 g/mol. The van der Waals surface area contributed by atoms with E-state index in [4.69, 9.17) is 54.7 Å². The Kier molecular flexibility index (Phi) is 9.25. The van der Waals surface area contributed by atoms with Crippen molar-refractivity contribution in [2.75, 3.05) is 0 Å². The topological polar surface area (TPSA) is 79.9 Å². The number of nitrogens with zero attached hydrogens (tertiary/aromatic N) is 6. The smallest absolute Gasteiger partial charge is 0.141 e. The Morgan fingerprint density at radius 1 is 0.419 bits per heavy atom. The lowest BCUT2D eigenvalue weighted by atomic mass is 10.1. The predicted molar refractivity (Wildman–Crippen MR) is 254 cm³/mol. The molecule has 298 valence electrons. The third-order valence-electron chi connectivity index (χ3n) is 11.2. The van der Waals surface area contributed by atoms with Crippen LogP contribution in [-0.2, 0) is 0 Å². The van der Waals surface area contributed by atoms with E-state index in [1.807, 2.05) is 73.1 Å². The van der Waals surface area contributed by atoms with E-state index in [0.29, 0.717) is 44.2 Å². The van der Waals surface area contributed by atoms with Crippen molar-refractivity contribution >= 4 is 68.9 Å². The van der Waals surface area contributed by atoms with Crippen molar-refractivity contribution in [1.29, 1.82) is 0 Å². The van der Waals surface area contributed by atoms with Crippen LogP contribution in [0.25, 0.3) is 77.8 Å². The van der Waals surface area contributed by atoms with Gasteiger partial charge in [0.25, 0.3) is 0 Å². The molecule has 0 N–H and O–H groups in total. The average molecular weight is 841 g/mol. The van der Waals surface area contributed by atoms with Gasteiger partial charge in [-0.3, -0.25) is 19.1 Å². The zero-order valence-corrected chi connectivity index (χ0v) is 35.3. The van der Waals surface area contributed by atoms with Gasteiger partial charge in [-0.05, 0) is 110 Å². The quantitative estimate of drug-likeness (QED) is 0.148. The number of benzene rings is 6. The molecule has 0 spiro atoms. The van der Waals surface area contributed by atoms with E-state index in [2.05, 4.69) is 108 Å². The fraction of sp³-hybridized carbons (Fsp3) is 0.0385. The van der Waals surface area contributed by atoms with Gasteiger partial charge >= 0.3 is 0 Å². The van der Waals surface area contributed by atoms with Gasteiger partial charge in [-0.2, -0.15) is 0 Å². The Balaban J connectivity index is 0.873. The number of hydrogen-bond donors (Lipinski definition) is 2. The molecule has 5 aromatic heterocycles. The van der Waals surface area contributed by atoms with E-state index < -0.39 is 0 Å². The number of para-hydroxylation sites is 2. The highest BCUT2D eigenvalue weighted by molar-refractivity contribution is 7.80. The lowest BCUT2D eigenvalue weighted by molar-refractivity contribution is 0.472. The second-order valence-corrected chi connectivity index (χ2v) is 16.3.